The van der Waals surface area contributed by atoms with Gasteiger partial charge in [0.15, 0.2) is 5.96 Å². The molecule has 0 amide bonds. The first-order valence-electron chi connectivity index (χ1n) is 8.07. The topological polar surface area (TPSA) is 79.9 Å². The van der Waals surface area contributed by atoms with Crippen molar-refractivity contribution in [3.8, 4) is 11.5 Å². The van der Waals surface area contributed by atoms with Crippen LogP contribution in [0.1, 0.15) is 51.0 Å². The fraction of sp³-hybridized carbons (Fsp3) is 0.588. The van der Waals surface area contributed by atoms with Crippen LogP contribution in [0.2, 0.25) is 0 Å². The monoisotopic (exact) mass is 435 g/mol. The van der Waals surface area contributed by atoms with E-state index in [-0.39, 0.29) is 29.7 Å². The molecule has 0 spiro atoms. The van der Waals surface area contributed by atoms with Crippen LogP contribution in [-0.2, 0) is 6.54 Å². The Bertz CT molecular complexity index is 467. The zero-order chi connectivity index (χ0) is 16.2. The molecule has 132 valence electrons. The quantitative estimate of drug-likeness (QED) is 0.226. The van der Waals surface area contributed by atoms with Gasteiger partial charge < -0.3 is 20.9 Å². The molecule has 0 atom stereocenters. The van der Waals surface area contributed by atoms with Gasteiger partial charge in [-0.25, -0.2) is 4.99 Å². The van der Waals surface area contributed by atoms with E-state index in [1.165, 1.54) is 32.1 Å². The van der Waals surface area contributed by atoms with Crippen LogP contribution in [-0.4, -0.2) is 24.7 Å². The lowest BCUT2D eigenvalue weighted by Gasteiger charge is -2.07. The van der Waals surface area contributed by atoms with E-state index in [1.807, 2.05) is 0 Å². The van der Waals surface area contributed by atoms with Crippen molar-refractivity contribution in [3.63, 3.8) is 0 Å². The second kappa shape index (κ2) is 13.3. The van der Waals surface area contributed by atoms with Gasteiger partial charge in [0.1, 0.15) is 11.5 Å². The smallest absolute Gasteiger partial charge is 0.188 e. The molecule has 0 unspecified atom stereocenters. The van der Waals surface area contributed by atoms with E-state index in [2.05, 4.69) is 17.2 Å². The third-order valence-electron chi connectivity index (χ3n) is 3.54. The largest absolute Gasteiger partial charge is 0.508 e. The van der Waals surface area contributed by atoms with Crippen molar-refractivity contribution < 1.29 is 9.84 Å². The maximum atomic E-state index is 9.77. The summed E-state index contributed by atoms with van der Waals surface area (Å²) in [4.78, 5) is 4.25. The summed E-state index contributed by atoms with van der Waals surface area (Å²) in [6.07, 6.45) is 7.51. The first-order valence-corrected chi connectivity index (χ1v) is 8.07. The van der Waals surface area contributed by atoms with Crippen LogP contribution in [0.3, 0.4) is 0 Å². The number of phenolic OH excluding ortho intramolecular Hbond substituents is 1. The number of methoxy groups -OCH3 is 1. The van der Waals surface area contributed by atoms with E-state index in [1.54, 1.807) is 25.3 Å². The van der Waals surface area contributed by atoms with Crippen molar-refractivity contribution in [3.05, 3.63) is 23.8 Å². The minimum Gasteiger partial charge on any atom is -0.508 e. The summed E-state index contributed by atoms with van der Waals surface area (Å²) < 4.78 is 5.13. The van der Waals surface area contributed by atoms with Crippen LogP contribution in [0.15, 0.2) is 23.2 Å². The Labute approximate surface area is 156 Å². The molecule has 0 saturated carbocycles. The normalized spacial score (nSPS) is 11.0. The Morgan fingerprint density at radius 2 is 1.91 bits per heavy atom. The van der Waals surface area contributed by atoms with Crippen molar-refractivity contribution in [2.75, 3.05) is 13.7 Å². The molecule has 1 rings (SSSR count). The summed E-state index contributed by atoms with van der Waals surface area (Å²) in [5.74, 6) is 1.31. The molecule has 0 bridgehead atoms. The van der Waals surface area contributed by atoms with E-state index < -0.39 is 0 Å². The molecule has 0 aliphatic heterocycles. The van der Waals surface area contributed by atoms with Gasteiger partial charge in [0, 0.05) is 12.1 Å². The van der Waals surface area contributed by atoms with Crippen molar-refractivity contribution in [1.29, 1.82) is 0 Å². The Morgan fingerprint density at radius 3 is 2.61 bits per heavy atom. The second-order valence-electron chi connectivity index (χ2n) is 5.39. The number of phenols is 1. The van der Waals surface area contributed by atoms with E-state index >= 15 is 0 Å². The van der Waals surface area contributed by atoms with E-state index in [9.17, 15) is 5.11 Å². The molecule has 0 aromatic heterocycles. The second-order valence-corrected chi connectivity index (χ2v) is 5.39. The third-order valence-corrected chi connectivity index (χ3v) is 3.54. The first kappa shape index (κ1) is 21.8. The Hall–Kier alpha value is -1.18. The molecule has 0 fully saturated rings. The van der Waals surface area contributed by atoms with Gasteiger partial charge in [-0.05, 0) is 24.6 Å². The molecule has 1 aromatic rings. The summed E-state index contributed by atoms with van der Waals surface area (Å²) in [6, 6.07) is 5.08. The van der Waals surface area contributed by atoms with Crippen LogP contribution in [0, 0.1) is 0 Å². The van der Waals surface area contributed by atoms with Gasteiger partial charge in [0.2, 0.25) is 0 Å². The highest BCUT2D eigenvalue weighted by Gasteiger charge is 2.03. The molecular formula is C17H30IN3O2. The summed E-state index contributed by atoms with van der Waals surface area (Å²) >= 11 is 0. The zero-order valence-corrected chi connectivity index (χ0v) is 16.5. The van der Waals surface area contributed by atoms with Crippen LogP contribution in [0.25, 0.3) is 0 Å². The number of unbranched alkanes of at least 4 members (excludes halogenated alkanes) is 5. The zero-order valence-electron chi connectivity index (χ0n) is 14.2. The Morgan fingerprint density at radius 1 is 1.22 bits per heavy atom. The van der Waals surface area contributed by atoms with Crippen LogP contribution in [0.4, 0.5) is 0 Å². The van der Waals surface area contributed by atoms with Crippen molar-refractivity contribution in [1.82, 2.24) is 5.32 Å². The highest BCUT2D eigenvalue weighted by molar-refractivity contribution is 14.0. The maximum Gasteiger partial charge on any atom is 0.188 e. The summed E-state index contributed by atoms with van der Waals surface area (Å²) in [5.41, 5.74) is 6.53. The number of nitrogens with two attached hydrogens (primary N) is 1. The number of aromatic hydroxyl groups is 1. The summed E-state index contributed by atoms with van der Waals surface area (Å²) in [6.45, 7) is 3.39. The van der Waals surface area contributed by atoms with Gasteiger partial charge in [-0.3, -0.25) is 0 Å². The van der Waals surface area contributed by atoms with Gasteiger partial charge in [0.25, 0.3) is 0 Å². The molecule has 0 aliphatic carbocycles. The lowest BCUT2D eigenvalue weighted by Crippen LogP contribution is -2.32. The van der Waals surface area contributed by atoms with Crippen LogP contribution >= 0.6 is 24.0 Å². The molecule has 0 heterocycles. The van der Waals surface area contributed by atoms with Gasteiger partial charge in [-0.2, -0.15) is 0 Å². The van der Waals surface area contributed by atoms with E-state index in [0.29, 0.717) is 23.8 Å². The molecule has 0 saturated heterocycles. The molecule has 1 aromatic carbocycles. The number of benzene rings is 1. The molecule has 6 heteroatoms. The van der Waals surface area contributed by atoms with Gasteiger partial charge in [-0.1, -0.05) is 39.0 Å². The fourth-order valence-electron chi connectivity index (χ4n) is 2.16. The average Bonchev–Trinajstić information content (AvgIpc) is 2.53. The van der Waals surface area contributed by atoms with Crippen molar-refractivity contribution in [2.45, 2.75) is 52.0 Å². The first-order chi connectivity index (χ1) is 10.7. The predicted molar refractivity (Wildman–Crippen MR) is 107 cm³/mol. The number of hydrogen-bond donors (Lipinski definition) is 3. The average molecular weight is 435 g/mol. The highest BCUT2D eigenvalue weighted by atomic mass is 127. The predicted octanol–water partition coefficient (Wildman–Crippen LogP) is 3.78. The minimum absolute atomic E-state index is 0. The molecular weight excluding hydrogens is 405 g/mol. The molecule has 0 radical (unpaired) electrons. The maximum absolute atomic E-state index is 9.77. The Kier molecular flexibility index (Phi) is 12.6. The van der Waals surface area contributed by atoms with Crippen molar-refractivity contribution in [2.24, 2.45) is 10.7 Å². The number of nitrogens with zero attached hydrogens (tertiary/aromatic N) is 1. The van der Waals surface area contributed by atoms with E-state index in [0.717, 1.165) is 13.0 Å². The number of nitrogens with one attached hydrogen (secondary N) is 1. The highest BCUT2D eigenvalue weighted by Crippen LogP contribution is 2.23. The van der Waals surface area contributed by atoms with Gasteiger partial charge in [0.05, 0.1) is 13.7 Å². The van der Waals surface area contributed by atoms with E-state index in [4.69, 9.17) is 10.5 Å². The van der Waals surface area contributed by atoms with Gasteiger partial charge >= 0.3 is 0 Å². The summed E-state index contributed by atoms with van der Waals surface area (Å²) in [5, 5.41) is 12.9. The molecule has 0 aliphatic rings. The number of hydrogen-bond acceptors (Lipinski definition) is 3. The van der Waals surface area contributed by atoms with Crippen LogP contribution in [0.5, 0.6) is 11.5 Å². The number of ether oxygens (including phenoxy) is 1. The lowest BCUT2D eigenvalue weighted by molar-refractivity contribution is 0.411. The molecule has 5 nitrogen and oxygen atoms in total. The van der Waals surface area contributed by atoms with Crippen molar-refractivity contribution >= 4 is 29.9 Å². The van der Waals surface area contributed by atoms with Gasteiger partial charge in [-0.15, -0.1) is 24.0 Å². The number of rotatable bonds is 10. The standard InChI is InChI=1S/C17H29N3O2.HI/c1-3-4-5-6-7-8-11-19-17(18)20-13-14-12-15(22-2)9-10-16(14)21;/h9-10,12,21H,3-8,11,13H2,1-2H3,(H3,18,19,20);1H. The van der Waals surface area contributed by atoms with Crippen LogP contribution < -0.4 is 15.8 Å². The fourth-order valence-corrected chi connectivity index (χ4v) is 2.16. The number of aliphatic imine (C=N–C) groups is 1. The molecule has 23 heavy (non-hydrogen) atoms. The Balaban J connectivity index is 0.00000484. The SMILES string of the molecule is CCCCCCCCNC(N)=NCc1cc(OC)ccc1O.I. The molecule has 4 N–H and O–H groups in total. The lowest BCUT2D eigenvalue weighted by atomic mass is 10.1. The number of halogens is 1. The minimum atomic E-state index is 0. The third kappa shape index (κ3) is 9.53. The number of guanidine groups is 1. The summed E-state index contributed by atoms with van der Waals surface area (Å²) in [7, 11) is 1.59.